The number of aryl methyl sites for hydroxylation is 1. The summed E-state index contributed by atoms with van der Waals surface area (Å²) in [4.78, 5) is 0. The Morgan fingerprint density at radius 3 is 2.33 bits per heavy atom. The zero-order valence-corrected chi connectivity index (χ0v) is 10.8. The first-order valence-electron chi connectivity index (χ1n) is 5.90. The molecule has 0 aliphatic carbocycles. The minimum atomic E-state index is -4.16. The standard InChI is InChI=1S/C13H12F3NO4/c1-2-5-3-8(17)11(18)10-6(14)4-7(15)12(9(5)10)21-13(16,19)20/h3-4,18-20H,2,17H2,1H3. The van der Waals surface area contributed by atoms with E-state index in [9.17, 15) is 18.3 Å². The predicted octanol–water partition coefficient (Wildman–Crippen LogP) is 1.91. The summed E-state index contributed by atoms with van der Waals surface area (Å²) in [5.41, 5.74) is 5.60. The molecule has 0 fully saturated rings. The van der Waals surface area contributed by atoms with Crippen LogP contribution in [-0.2, 0) is 6.42 Å². The summed E-state index contributed by atoms with van der Waals surface area (Å²) in [6.45, 7) is 1.62. The molecule has 0 saturated carbocycles. The first-order valence-corrected chi connectivity index (χ1v) is 5.90. The maximum atomic E-state index is 13.9. The lowest BCUT2D eigenvalue weighted by molar-refractivity contribution is -0.375. The number of hydrogen-bond donors (Lipinski definition) is 4. The van der Waals surface area contributed by atoms with E-state index in [1.54, 1.807) is 6.92 Å². The Morgan fingerprint density at radius 1 is 1.19 bits per heavy atom. The number of rotatable bonds is 3. The highest BCUT2D eigenvalue weighted by Gasteiger charge is 2.30. The number of aliphatic hydroxyl groups is 2. The monoisotopic (exact) mass is 303 g/mol. The number of ether oxygens (including phenoxy) is 1. The Hall–Kier alpha value is -2.19. The van der Waals surface area contributed by atoms with Gasteiger partial charge in [0.1, 0.15) is 11.6 Å². The number of phenolic OH excluding ortho intramolecular Hbond substituents is 1. The molecular weight excluding hydrogens is 291 g/mol. The number of benzene rings is 2. The summed E-state index contributed by atoms with van der Waals surface area (Å²) in [6, 6.07) is 1.56. The van der Waals surface area contributed by atoms with Crippen molar-refractivity contribution in [2.45, 2.75) is 19.6 Å². The number of nitrogens with two attached hydrogens (primary N) is 1. The zero-order chi connectivity index (χ0) is 15.9. The molecule has 0 bridgehead atoms. The Labute approximate surface area is 117 Å². The number of fused-ring (bicyclic) bond motifs is 1. The summed E-state index contributed by atoms with van der Waals surface area (Å²) >= 11 is 0. The van der Waals surface area contributed by atoms with Crippen molar-refractivity contribution in [3.8, 4) is 11.5 Å². The van der Waals surface area contributed by atoms with E-state index < -0.39 is 34.7 Å². The Kier molecular flexibility index (Phi) is 3.60. The number of alkyl halides is 1. The Morgan fingerprint density at radius 2 is 1.81 bits per heavy atom. The lowest BCUT2D eigenvalue weighted by Gasteiger charge is -2.18. The van der Waals surface area contributed by atoms with Crippen LogP contribution in [0.2, 0.25) is 0 Å². The van der Waals surface area contributed by atoms with Gasteiger partial charge < -0.3 is 25.8 Å². The first kappa shape index (κ1) is 15.2. The quantitative estimate of drug-likeness (QED) is 0.395. The van der Waals surface area contributed by atoms with Crippen LogP contribution in [0.5, 0.6) is 11.5 Å². The van der Waals surface area contributed by atoms with Gasteiger partial charge in [0.2, 0.25) is 0 Å². The SMILES string of the molecule is CCc1cc(N)c(O)c2c(F)cc(F)c(OC(O)(O)F)c12. The Bertz CT molecular complexity index is 713. The second-order valence-corrected chi connectivity index (χ2v) is 4.38. The topological polar surface area (TPSA) is 95.9 Å². The summed E-state index contributed by atoms with van der Waals surface area (Å²) in [7, 11) is 0. The molecule has 114 valence electrons. The summed E-state index contributed by atoms with van der Waals surface area (Å²) in [5.74, 6) is -4.12. The van der Waals surface area contributed by atoms with Gasteiger partial charge in [0, 0.05) is 11.5 Å². The molecule has 0 aliphatic heterocycles. The van der Waals surface area contributed by atoms with Gasteiger partial charge in [0.05, 0.1) is 11.1 Å². The first-order chi connectivity index (χ1) is 9.65. The lowest BCUT2D eigenvalue weighted by Crippen LogP contribution is -2.29. The third kappa shape index (κ3) is 2.67. The molecule has 21 heavy (non-hydrogen) atoms. The number of anilines is 1. The van der Waals surface area contributed by atoms with Crippen LogP contribution in [0.4, 0.5) is 18.9 Å². The normalized spacial score (nSPS) is 11.9. The highest BCUT2D eigenvalue weighted by atomic mass is 19.2. The number of phenols is 1. The highest BCUT2D eigenvalue weighted by molar-refractivity contribution is 5.99. The molecule has 0 aromatic heterocycles. The lowest BCUT2D eigenvalue weighted by atomic mass is 9.99. The van der Waals surface area contributed by atoms with E-state index in [0.29, 0.717) is 6.07 Å². The number of halogens is 3. The molecule has 5 N–H and O–H groups in total. The molecule has 0 saturated heterocycles. The van der Waals surface area contributed by atoms with Crippen LogP contribution in [0.25, 0.3) is 10.8 Å². The molecule has 0 radical (unpaired) electrons. The van der Waals surface area contributed by atoms with Crippen molar-refractivity contribution in [3.63, 3.8) is 0 Å². The molecule has 2 rings (SSSR count). The fourth-order valence-corrected chi connectivity index (χ4v) is 2.12. The second kappa shape index (κ2) is 4.97. The van der Waals surface area contributed by atoms with Gasteiger partial charge in [-0.15, -0.1) is 4.39 Å². The van der Waals surface area contributed by atoms with E-state index >= 15 is 0 Å². The predicted molar refractivity (Wildman–Crippen MR) is 68.2 cm³/mol. The summed E-state index contributed by atoms with van der Waals surface area (Å²) in [5, 5.41) is 26.3. The fraction of sp³-hybridized carbons (Fsp3) is 0.231. The molecule has 0 aliphatic rings. The minimum absolute atomic E-state index is 0.157. The van der Waals surface area contributed by atoms with Crippen molar-refractivity contribution < 1.29 is 33.2 Å². The minimum Gasteiger partial charge on any atom is -0.505 e. The molecule has 2 aromatic rings. The molecule has 2 aromatic carbocycles. The third-order valence-electron chi connectivity index (χ3n) is 2.96. The smallest absolute Gasteiger partial charge is 0.492 e. The molecule has 0 heterocycles. The van der Waals surface area contributed by atoms with Crippen molar-refractivity contribution in [3.05, 3.63) is 29.3 Å². The van der Waals surface area contributed by atoms with Gasteiger partial charge >= 0.3 is 6.23 Å². The second-order valence-electron chi connectivity index (χ2n) is 4.38. The van der Waals surface area contributed by atoms with Crippen molar-refractivity contribution in [2.75, 3.05) is 5.73 Å². The summed E-state index contributed by atoms with van der Waals surface area (Å²) < 4.78 is 44.6. The maximum absolute atomic E-state index is 13.9. The van der Waals surface area contributed by atoms with Gasteiger partial charge in [0.15, 0.2) is 11.6 Å². The van der Waals surface area contributed by atoms with Crippen molar-refractivity contribution in [2.24, 2.45) is 0 Å². The van der Waals surface area contributed by atoms with Gasteiger partial charge in [-0.2, -0.15) is 0 Å². The van der Waals surface area contributed by atoms with Crippen LogP contribution in [0, 0.1) is 11.6 Å². The molecule has 8 heteroatoms. The zero-order valence-electron chi connectivity index (χ0n) is 10.8. The Balaban J connectivity index is 2.94. The number of hydrogen-bond acceptors (Lipinski definition) is 5. The van der Waals surface area contributed by atoms with Gasteiger partial charge in [-0.25, -0.2) is 8.78 Å². The van der Waals surface area contributed by atoms with E-state index in [2.05, 4.69) is 4.74 Å². The number of aromatic hydroxyl groups is 1. The third-order valence-corrected chi connectivity index (χ3v) is 2.96. The van der Waals surface area contributed by atoms with E-state index in [1.807, 2.05) is 0 Å². The van der Waals surface area contributed by atoms with Gasteiger partial charge in [-0.3, -0.25) is 0 Å². The van der Waals surface area contributed by atoms with Gasteiger partial charge in [-0.05, 0) is 18.1 Å². The molecule has 0 unspecified atom stereocenters. The van der Waals surface area contributed by atoms with E-state index in [1.165, 1.54) is 6.07 Å². The van der Waals surface area contributed by atoms with E-state index in [-0.39, 0.29) is 23.1 Å². The van der Waals surface area contributed by atoms with Crippen LogP contribution in [0.15, 0.2) is 12.1 Å². The highest BCUT2D eigenvalue weighted by Crippen LogP contribution is 2.42. The molecular formula is C13H12F3NO4. The average molecular weight is 303 g/mol. The van der Waals surface area contributed by atoms with Crippen LogP contribution in [0.3, 0.4) is 0 Å². The molecule has 5 nitrogen and oxygen atoms in total. The fourth-order valence-electron chi connectivity index (χ4n) is 2.12. The van der Waals surface area contributed by atoms with Crippen LogP contribution < -0.4 is 10.5 Å². The van der Waals surface area contributed by atoms with Crippen molar-refractivity contribution in [1.82, 2.24) is 0 Å². The molecule has 0 amide bonds. The van der Waals surface area contributed by atoms with Crippen LogP contribution in [-0.4, -0.2) is 21.5 Å². The van der Waals surface area contributed by atoms with Crippen molar-refractivity contribution >= 4 is 16.5 Å². The van der Waals surface area contributed by atoms with Gasteiger partial charge in [-0.1, -0.05) is 6.92 Å². The maximum Gasteiger partial charge on any atom is 0.492 e. The number of nitrogen functional groups attached to an aromatic ring is 1. The molecule has 0 atom stereocenters. The summed E-state index contributed by atoms with van der Waals surface area (Å²) in [6.07, 6.45) is -3.94. The van der Waals surface area contributed by atoms with E-state index in [0.717, 1.165) is 0 Å². The average Bonchev–Trinajstić information content (AvgIpc) is 2.36. The van der Waals surface area contributed by atoms with Crippen LogP contribution in [0.1, 0.15) is 12.5 Å². The molecule has 0 spiro atoms. The van der Waals surface area contributed by atoms with Crippen LogP contribution >= 0.6 is 0 Å². The van der Waals surface area contributed by atoms with E-state index in [4.69, 9.17) is 15.9 Å². The van der Waals surface area contributed by atoms with Gasteiger partial charge in [0.25, 0.3) is 0 Å². The largest absolute Gasteiger partial charge is 0.505 e. The van der Waals surface area contributed by atoms with Crippen molar-refractivity contribution in [1.29, 1.82) is 0 Å².